The van der Waals surface area contributed by atoms with E-state index in [0.717, 1.165) is 22.7 Å². The Morgan fingerprint density at radius 2 is 1.96 bits per heavy atom. The zero-order valence-corrected chi connectivity index (χ0v) is 13.4. The van der Waals surface area contributed by atoms with Gasteiger partial charge in [0.15, 0.2) is 5.76 Å². The molecule has 2 heterocycles. The largest absolute Gasteiger partial charge is 0.468 e. The average molecular weight is 310 g/mol. The summed E-state index contributed by atoms with van der Waals surface area (Å²) in [4.78, 5) is 11.5. The van der Waals surface area contributed by atoms with Gasteiger partial charge >= 0.3 is 5.97 Å². The lowest BCUT2D eigenvalue weighted by Gasteiger charge is -2.04. The zero-order valence-electron chi connectivity index (χ0n) is 13.4. The maximum absolute atomic E-state index is 11.5. The number of methoxy groups -OCH3 is 1. The number of ether oxygens (including phenoxy) is 1. The van der Waals surface area contributed by atoms with E-state index >= 15 is 0 Å². The molecule has 0 unspecified atom stereocenters. The first-order valence-electron chi connectivity index (χ1n) is 7.35. The highest BCUT2D eigenvalue weighted by molar-refractivity contribution is 5.70. The maximum Gasteiger partial charge on any atom is 0.327 e. The number of aromatic nitrogens is 2. The molecule has 0 bridgehead atoms. The quantitative estimate of drug-likeness (QED) is 0.691. The van der Waals surface area contributed by atoms with Gasteiger partial charge in [0, 0.05) is 5.56 Å². The Labute approximate surface area is 134 Å². The number of furan rings is 1. The molecule has 118 valence electrons. The fourth-order valence-corrected chi connectivity index (χ4v) is 2.48. The minimum Gasteiger partial charge on any atom is -0.468 e. The van der Waals surface area contributed by atoms with E-state index < -0.39 is 0 Å². The first-order valence-corrected chi connectivity index (χ1v) is 7.35. The Morgan fingerprint density at radius 3 is 2.70 bits per heavy atom. The molecule has 0 spiro atoms. The van der Waals surface area contributed by atoms with Crippen molar-refractivity contribution in [3.63, 3.8) is 0 Å². The third kappa shape index (κ3) is 3.18. The van der Waals surface area contributed by atoms with Crippen molar-refractivity contribution < 1.29 is 13.9 Å². The second kappa shape index (κ2) is 6.12. The summed E-state index contributed by atoms with van der Waals surface area (Å²) in [5.74, 6) is 1.11. The summed E-state index contributed by atoms with van der Waals surface area (Å²) in [7, 11) is 1.36. The molecule has 0 atom stereocenters. The van der Waals surface area contributed by atoms with Gasteiger partial charge in [-0.25, -0.2) is 0 Å². The molecule has 0 aliphatic heterocycles. The number of carbonyl (C=O) groups is 1. The Kier molecular flexibility index (Phi) is 4.02. The van der Waals surface area contributed by atoms with Crippen LogP contribution in [0.15, 0.2) is 46.9 Å². The Balaban J connectivity index is 1.96. The monoisotopic (exact) mass is 310 g/mol. The number of aryl methyl sites for hydroxylation is 2. The fraction of sp³-hybridized carbons (Fsp3) is 0.222. The SMILES string of the molecule is COC(=O)Cn1nc(C)cc1-c1ccc(-c2cccc(C)c2)o1. The first kappa shape index (κ1) is 15.1. The second-order valence-electron chi connectivity index (χ2n) is 5.44. The van der Waals surface area contributed by atoms with Crippen LogP contribution < -0.4 is 0 Å². The smallest absolute Gasteiger partial charge is 0.327 e. The molecule has 0 fully saturated rings. The first-order chi connectivity index (χ1) is 11.1. The Hall–Kier alpha value is -2.82. The lowest BCUT2D eigenvalue weighted by atomic mass is 10.1. The number of hydrogen-bond donors (Lipinski definition) is 0. The summed E-state index contributed by atoms with van der Waals surface area (Å²) in [6.07, 6.45) is 0. The van der Waals surface area contributed by atoms with Crippen molar-refractivity contribution in [3.05, 3.63) is 53.7 Å². The van der Waals surface area contributed by atoms with Crippen LogP contribution in [0, 0.1) is 13.8 Å². The van der Waals surface area contributed by atoms with Gasteiger partial charge in [-0.05, 0) is 38.1 Å². The van der Waals surface area contributed by atoms with Gasteiger partial charge < -0.3 is 9.15 Å². The summed E-state index contributed by atoms with van der Waals surface area (Å²) < 4.78 is 12.3. The standard InChI is InChI=1S/C18H18N2O3/c1-12-5-4-6-14(9-12)16-7-8-17(23-16)15-10-13(2)19-20(15)11-18(21)22-3/h4-10H,11H2,1-3H3. The third-order valence-electron chi connectivity index (χ3n) is 3.57. The van der Waals surface area contributed by atoms with Crippen molar-refractivity contribution in [2.24, 2.45) is 0 Å². The van der Waals surface area contributed by atoms with Crippen LogP contribution in [0.3, 0.4) is 0 Å². The lowest BCUT2D eigenvalue weighted by molar-refractivity contribution is -0.141. The molecule has 0 saturated carbocycles. The van der Waals surface area contributed by atoms with E-state index in [-0.39, 0.29) is 12.5 Å². The average Bonchev–Trinajstić information content (AvgIpc) is 3.14. The summed E-state index contributed by atoms with van der Waals surface area (Å²) >= 11 is 0. The minimum absolute atomic E-state index is 0.0557. The predicted octanol–water partition coefficient (Wildman–Crippen LogP) is 3.60. The molecule has 0 saturated heterocycles. The van der Waals surface area contributed by atoms with E-state index in [9.17, 15) is 4.79 Å². The van der Waals surface area contributed by atoms with Crippen LogP contribution in [0.2, 0.25) is 0 Å². The number of benzene rings is 1. The predicted molar refractivity (Wildman–Crippen MR) is 86.9 cm³/mol. The number of hydrogen-bond acceptors (Lipinski definition) is 4. The van der Waals surface area contributed by atoms with Gasteiger partial charge in [-0.15, -0.1) is 0 Å². The van der Waals surface area contributed by atoms with Gasteiger partial charge in [0.2, 0.25) is 0 Å². The lowest BCUT2D eigenvalue weighted by Crippen LogP contribution is -2.13. The minimum atomic E-state index is -0.347. The van der Waals surface area contributed by atoms with Crippen LogP contribution in [0.1, 0.15) is 11.3 Å². The van der Waals surface area contributed by atoms with Crippen molar-refractivity contribution in [1.29, 1.82) is 0 Å². The fourth-order valence-electron chi connectivity index (χ4n) is 2.48. The molecule has 3 rings (SSSR count). The maximum atomic E-state index is 11.5. The molecule has 5 nitrogen and oxygen atoms in total. The molecule has 0 aliphatic carbocycles. The second-order valence-corrected chi connectivity index (χ2v) is 5.44. The highest BCUT2D eigenvalue weighted by Gasteiger charge is 2.15. The molecule has 0 radical (unpaired) electrons. The summed E-state index contributed by atoms with van der Waals surface area (Å²) in [6, 6.07) is 13.8. The Morgan fingerprint density at radius 1 is 1.17 bits per heavy atom. The molecule has 0 aliphatic rings. The van der Waals surface area contributed by atoms with Crippen LogP contribution in [0.5, 0.6) is 0 Å². The molecule has 23 heavy (non-hydrogen) atoms. The van der Waals surface area contributed by atoms with Crippen molar-refractivity contribution in [3.8, 4) is 22.8 Å². The van der Waals surface area contributed by atoms with Crippen molar-refractivity contribution in [2.45, 2.75) is 20.4 Å². The van der Waals surface area contributed by atoms with Crippen molar-refractivity contribution in [2.75, 3.05) is 7.11 Å². The van der Waals surface area contributed by atoms with Crippen molar-refractivity contribution in [1.82, 2.24) is 9.78 Å². The van der Waals surface area contributed by atoms with E-state index in [1.54, 1.807) is 4.68 Å². The summed E-state index contributed by atoms with van der Waals surface area (Å²) in [6.45, 7) is 3.98. The molecule has 0 N–H and O–H groups in total. The van der Waals surface area contributed by atoms with Crippen LogP contribution in [-0.2, 0) is 16.1 Å². The molecule has 1 aromatic carbocycles. The molecule has 5 heteroatoms. The van der Waals surface area contributed by atoms with Gasteiger partial charge in [0.05, 0.1) is 12.8 Å². The molecular weight excluding hydrogens is 292 g/mol. The van der Waals surface area contributed by atoms with Crippen LogP contribution >= 0.6 is 0 Å². The summed E-state index contributed by atoms with van der Waals surface area (Å²) in [5, 5.41) is 4.33. The molecule has 2 aromatic heterocycles. The van der Waals surface area contributed by atoms with E-state index in [0.29, 0.717) is 5.76 Å². The van der Waals surface area contributed by atoms with Crippen LogP contribution in [0.25, 0.3) is 22.8 Å². The number of carbonyl (C=O) groups excluding carboxylic acids is 1. The van der Waals surface area contributed by atoms with Crippen molar-refractivity contribution >= 4 is 5.97 Å². The number of rotatable bonds is 4. The van der Waals surface area contributed by atoms with E-state index in [4.69, 9.17) is 9.15 Å². The highest BCUT2D eigenvalue weighted by Crippen LogP contribution is 2.29. The van der Waals surface area contributed by atoms with Gasteiger partial charge in [-0.2, -0.15) is 5.10 Å². The van der Waals surface area contributed by atoms with E-state index in [2.05, 4.69) is 11.2 Å². The zero-order chi connectivity index (χ0) is 16.4. The van der Waals surface area contributed by atoms with E-state index in [1.165, 1.54) is 12.7 Å². The van der Waals surface area contributed by atoms with Crippen LogP contribution in [-0.4, -0.2) is 22.9 Å². The number of esters is 1. The third-order valence-corrected chi connectivity index (χ3v) is 3.57. The van der Waals surface area contributed by atoms with Gasteiger partial charge in [0.25, 0.3) is 0 Å². The topological polar surface area (TPSA) is 57.3 Å². The van der Waals surface area contributed by atoms with Gasteiger partial charge in [0.1, 0.15) is 18.0 Å². The number of nitrogens with zero attached hydrogens (tertiary/aromatic N) is 2. The van der Waals surface area contributed by atoms with E-state index in [1.807, 2.05) is 50.2 Å². The van der Waals surface area contributed by atoms with Crippen LogP contribution in [0.4, 0.5) is 0 Å². The van der Waals surface area contributed by atoms with Gasteiger partial charge in [-0.1, -0.05) is 23.8 Å². The molecule has 0 amide bonds. The summed E-state index contributed by atoms with van der Waals surface area (Å²) in [5.41, 5.74) is 3.77. The molecular formula is C18H18N2O3. The van der Waals surface area contributed by atoms with Gasteiger partial charge in [-0.3, -0.25) is 9.48 Å². The molecule has 3 aromatic rings. The highest BCUT2D eigenvalue weighted by atomic mass is 16.5. The Bertz CT molecular complexity index is 846. The normalized spacial score (nSPS) is 10.7.